The Morgan fingerprint density at radius 2 is 1.77 bits per heavy atom. The number of para-hydroxylation sites is 1. The summed E-state index contributed by atoms with van der Waals surface area (Å²) in [6.45, 7) is 0.957. The van der Waals surface area contributed by atoms with Crippen LogP contribution in [-0.2, 0) is 29.3 Å². The molecule has 5 rings (SSSR count). The fourth-order valence-corrected chi connectivity index (χ4v) is 6.16. The van der Waals surface area contributed by atoms with Gasteiger partial charge in [-0.15, -0.1) is 0 Å². The molecule has 0 amide bonds. The van der Waals surface area contributed by atoms with Gasteiger partial charge in [0.15, 0.2) is 0 Å². The molecule has 2 aliphatic rings. The number of hydrogen-bond donors (Lipinski definition) is 1. The van der Waals surface area contributed by atoms with Crippen LogP contribution >= 0.6 is 0 Å². The van der Waals surface area contributed by atoms with E-state index in [0.29, 0.717) is 12.5 Å². The van der Waals surface area contributed by atoms with Gasteiger partial charge in [-0.3, -0.25) is 0 Å². The first-order valence-corrected chi connectivity index (χ1v) is 13.1. The van der Waals surface area contributed by atoms with Gasteiger partial charge in [-0.25, -0.2) is 13.4 Å². The van der Waals surface area contributed by atoms with Gasteiger partial charge in [-0.1, -0.05) is 31.0 Å². The molecule has 2 aromatic carbocycles. The third-order valence-electron chi connectivity index (χ3n) is 6.82. The molecule has 0 bridgehead atoms. The predicted octanol–water partition coefficient (Wildman–Crippen LogP) is 5.20. The zero-order valence-corrected chi connectivity index (χ0v) is 19.9. The fourth-order valence-electron chi connectivity index (χ4n) is 4.71. The van der Waals surface area contributed by atoms with Crippen LogP contribution in [-0.4, -0.2) is 35.3 Å². The molecule has 1 aliphatic carbocycles. The van der Waals surface area contributed by atoms with Crippen molar-refractivity contribution in [2.75, 3.05) is 11.4 Å². The van der Waals surface area contributed by atoms with E-state index >= 15 is 0 Å². The zero-order valence-electron chi connectivity index (χ0n) is 19.1. The van der Waals surface area contributed by atoms with Crippen molar-refractivity contribution in [2.24, 2.45) is 5.92 Å². The quantitative estimate of drug-likeness (QED) is 0.480. The average molecular weight is 505 g/mol. The number of aromatic nitrogens is 2. The van der Waals surface area contributed by atoms with E-state index in [0.717, 1.165) is 54.1 Å². The molecule has 6 nitrogen and oxygen atoms in total. The van der Waals surface area contributed by atoms with Gasteiger partial charge >= 0.3 is 6.18 Å². The normalized spacial score (nSPS) is 19.4. The average Bonchev–Trinajstić information content (AvgIpc) is 3.55. The number of nitrogens with zero attached hydrogens (tertiary/aromatic N) is 3. The van der Waals surface area contributed by atoms with E-state index < -0.39 is 21.8 Å². The summed E-state index contributed by atoms with van der Waals surface area (Å²) in [6, 6.07) is 11.4. The maximum atomic E-state index is 13.6. The maximum Gasteiger partial charge on any atom is 0.416 e. The zero-order chi connectivity index (χ0) is 24.6. The molecule has 0 spiro atoms. The number of aromatic amines is 1. The number of hydrogen-bond acceptors (Lipinski definition) is 4. The van der Waals surface area contributed by atoms with Gasteiger partial charge in [0.2, 0.25) is 10.0 Å². The van der Waals surface area contributed by atoms with Gasteiger partial charge in [-0.05, 0) is 54.7 Å². The molecule has 35 heavy (non-hydrogen) atoms. The summed E-state index contributed by atoms with van der Waals surface area (Å²) >= 11 is 0. The van der Waals surface area contributed by atoms with Crippen LogP contribution in [0.5, 0.6) is 0 Å². The van der Waals surface area contributed by atoms with Gasteiger partial charge in [0.05, 0.1) is 29.0 Å². The molecule has 3 aromatic rings. The molecule has 1 fully saturated rings. The topological polar surface area (TPSA) is 69.3 Å². The molecule has 1 saturated carbocycles. The number of H-pyrrole nitrogens is 1. The number of nitrogens with one attached hydrogen (secondary N) is 1. The van der Waals surface area contributed by atoms with Crippen LogP contribution in [0.4, 0.5) is 18.9 Å². The lowest BCUT2D eigenvalue weighted by Crippen LogP contribution is -2.43. The van der Waals surface area contributed by atoms with E-state index in [1.165, 1.54) is 17.1 Å². The molecule has 0 saturated heterocycles. The summed E-state index contributed by atoms with van der Waals surface area (Å²) in [6.07, 6.45) is 3.12. The Morgan fingerprint density at radius 1 is 1.03 bits per heavy atom. The number of sulfonamides is 1. The van der Waals surface area contributed by atoms with E-state index in [4.69, 9.17) is 0 Å². The van der Waals surface area contributed by atoms with E-state index in [-0.39, 0.29) is 24.0 Å². The number of anilines is 1. The van der Waals surface area contributed by atoms with Gasteiger partial charge < -0.3 is 9.88 Å². The molecule has 1 N–H and O–H groups in total. The van der Waals surface area contributed by atoms with Crippen molar-refractivity contribution in [2.45, 2.75) is 55.9 Å². The summed E-state index contributed by atoms with van der Waals surface area (Å²) in [5.74, 6) is 0.683. The van der Waals surface area contributed by atoms with Crippen molar-refractivity contribution in [1.82, 2.24) is 14.3 Å². The van der Waals surface area contributed by atoms with Gasteiger partial charge in [0.25, 0.3) is 0 Å². The Labute approximate surface area is 202 Å². The van der Waals surface area contributed by atoms with Crippen molar-refractivity contribution in [3.63, 3.8) is 0 Å². The molecule has 2 heterocycles. The molecular formula is C25H27F3N4O2S. The van der Waals surface area contributed by atoms with Gasteiger partial charge in [-0.2, -0.15) is 17.5 Å². The number of halogens is 3. The highest BCUT2D eigenvalue weighted by molar-refractivity contribution is 7.89. The molecule has 10 heteroatoms. The van der Waals surface area contributed by atoms with Crippen molar-refractivity contribution < 1.29 is 21.6 Å². The largest absolute Gasteiger partial charge is 0.416 e. The van der Waals surface area contributed by atoms with Crippen LogP contribution in [0, 0.1) is 5.92 Å². The Balaban J connectivity index is 1.50. The third-order valence-corrected chi connectivity index (χ3v) is 8.65. The molecule has 1 aromatic heterocycles. The molecule has 1 aliphatic heterocycles. The second kappa shape index (κ2) is 9.31. The highest BCUT2D eigenvalue weighted by Crippen LogP contribution is 2.38. The van der Waals surface area contributed by atoms with Crippen molar-refractivity contribution >= 4 is 15.7 Å². The number of rotatable bonds is 7. The minimum Gasteiger partial charge on any atom is -0.361 e. The SMILES string of the molecule is O=S(=O)(c1ccc(C(F)(F)F)cc1)N1Cc2ccccc2N(Cc2cnc[nH]2)[C@H](CCC2CC2)C1. The minimum atomic E-state index is -4.52. The highest BCUT2D eigenvalue weighted by atomic mass is 32.2. The predicted molar refractivity (Wildman–Crippen MR) is 126 cm³/mol. The van der Waals surface area contributed by atoms with Crippen molar-refractivity contribution in [3.8, 4) is 0 Å². The van der Waals surface area contributed by atoms with Crippen LogP contribution in [0.25, 0.3) is 0 Å². The summed E-state index contributed by atoms with van der Waals surface area (Å²) in [5.41, 5.74) is 1.88. The van der Waals surface area contributed by atoms with Crippen LogP contribution < -0.4 is 4.90 Å². The molecule has 1 atom stereocenters. The third kappa shape index (κ3) is 5.23. The lowest BCUT2D eigenvalue weighted by Gasteiger charge is -2.34. The molecule has 0 unspecified atom stereocenters. The first-order valence-electron chi connectivity index (χ1n) is 11.7. The Hall–Kier alpha value is -2.85. The standard InChI is InChI=1S/C25H27F3N4O2S/c26-25(27,28)20-8-11-23(12-9-20)35(33,34)31-14-19-3-1-2-4-24(19)32(15-21-13-29-17-30-21)22(16-31)10-7-18-5-6-18/h1-4,8-9,11-13,17-18,22H,5-7,10,14-16H2,(H,29,30)/t22-/m1/s1. The lowest BCUT2D eigenvalue weighted by molar-refractivity contribution is -0.137. The fraction of sp³-hybridized carbons (Fsp3) is 0.400. The lowest BCUT2D eigenvalue weighted by atomic mass is 10.1. The smallest absolute Gasteiger partial charge is 0.361 e. The first-order chi connectivity index (χ1) is 16.7. The molecule has 186 valence electrons. The van der Waals surface area contributed by atoms with Crippen LogP contribution in [0.15, 0.2) is 66.0 Å². The van der Waals surface area contributed by atoms with Gasteiger partial charge in [0.1, 0.15) is 0 Å². The summed E-state index contributed by atoms with van der Waals surface area (Å²) in [7, 11) is -4.01. The molecular weight excluding hydrogens is 477 g/mol. The van der Waals surface area contributed by atoms with Crippen LogP contribution in [0.2, 0.25) is 0 Å². The number of alkyl halides is 3. The second-order valence-corrected chi connectivity index (χ2v) is 11.3. The van der Waals surface area contributed by atoms with Gasteiger partial charge in [0, 0.05) is 31.0 Å². The van der Waals surface area contributed by atoms with Crippen molar-refractivity contribution in [1.29, 1.82) is 0 Å². The molecule has 0 radical (unpaired) electrons. The Kier molecular flexibility index (Phi) is 6.35. The summed E-state index contributed by atoms with van der Waals surface area (Å²) in [4.78, 5) is 9.38. The number of imidazole rings is 1. The first kappa shape index (κ1) is 23.9. The van der Waals surface area contributed by atoms with E-state index in [9.17, 15) is 21.6 Å². The maximum absolute atomic E-state index is 13.6. The number of benzene rings is 2. The summed E-state index contributed by atoms with van der Waals surface area (Å²) in [5, 5.41) is 0. The Bertz CT molecular complexity index is 1260. The van der Waals surface area contributed by atoms with E-state index in [1.54, 1.807) is 12.5 Å². The monoisotopic (exact) mass is 504 g/mol. The van der Waals surface area contributed by atoms with E-state index in [2.05, 4.69) is 14.9 Å². The second-order valence-electron chi connectivity index (χ2n) is 9.33. The minimum absolute atomic E-state index is 0.0910. The van der Waals surface area contributed by atoms with Crippen molar-refractivity contribution in [3.05, 3.63) is 77.9 Å². The van der Waals surface area contributed by atoms with E-state index in [1.807, 2.05) is 24.3 Å². The van der Waals surface area contributed by atoms with Crippen LogP contribution in [0.3, 0.4) is 0 Å². The highest BCUT2D eigenvalue weighted by Gasteiger charge is 2.36. The summed E-state index contributed by atoms with van der Waals surface area (Å²) < 4.78 is 67.8. The number of fused-ring (bicyclic) bond motifs is 1. The Morgan fingerprint density at radius 3 is 2.43 bits per heavy atom. The van der Waals surface area contributed by atoms with Crippen LogP contribution in [0.1, 0.15) is 42.5 Å².